The summed E-state index contributed by atoms with van der Waals surface area (Å²) in [6.45, 7) is 5.19. The average Bonchev–Trinajstić information content (AvgIpc) is 3.06. The summed E-state index contributed by atoms with van der Waals surface area (Å²) in [5, 5.41) is 17.2. The van der Waals surface area contributed by atoms with Crippen LogP contribution in [0.15, 0.2) is 36.9 Å². The first-order chi connectivity index (χ1) is 11.0. The largest absolute Gasteiger partial charge is 0.350 e. The molecule has 1 aromatic carbocycles. The Labute approximate surface area is 133 Å². The zero-order valence-electron chi connectivity index (χ0n) is 13.0. The molecule has 1 amide bonds. The number of nitro benzene ring substituents is 1. The minimum absolute atomic E-state index is 0.129. The molecule has 0 bridgehead atoms. The van der Waals surface area contributed by atoms with Crippen molar-refractivity contribution in [3.63, 3.8) is 0 Å². The molecule has 2 aromatic rings. The second kappa shape index (κ2) is 7.50. The van der Waals surface area contributed by atoms with Gasteiger partial charge in [0.25, 0.3) is 11.6 Å². The number of nitro groups is 1. The van der Waals surface area contributed by atoms with Crippen molar-refractivity contribution >= 4 is 11.6 Å². The molecule has 2 rings (SSSR count). The number of benzene rings is 1. The van der Waals surface area contributed by atoms with Crippen molar-refractivity contribution in [1.29, 1.82) is 0 Å². The maximum Gasteiger partial charge on any atom is 0.294 e. The monoisotopic (exact) mass is 317 g/mol. The van der Waals surface area contributed by atoms with E-state index in [1.165, 1.54) is 23.2 Å². The van der Waals surface area contributed by atoms with Crippen molar-refractivity contribution in [2.45, 2.75) is 19.9 Å². The number of carbonyl (C=O) groups is 1. The van der Waals surface area contributed by atoms with Crippen LogP contribution in [0.25, 0.3) is 5.69 Å². The molecule has 0 radical (unpaired) electrons. The van der Waals surface area contributed by atoms with Crippen LogP contribution in [0.3, 0.4) is 0 Å². The van der Waals surface area contributed by atoms with Crippen molar-refractivity contribution < 1.29 is 9.72 Å². The Kier molecular flexibility index (Phi) is 5.42. The number of rotatable bonds is 7. The second-order valence-electron chi connectivity index (χ2n) is 5.10. The third-order valence-corrected chi connectivity index (χ3v) is 3.34. The van der Waals surface area contributed by atoms with Crippen LogP contribution in [0.1, 0.15) is 24.2 Å². The van der Waals surface area contributed by atoms with Crippen LogP contribution < -0.4 is 10.6 Å². The molecular weight excluding hydrogens is 298 g/mol. The Balaban J connectivity index is 2.19. The number of aromatic nitrogens is 2. The van der Waals surface area contributed by atoms with Crippen molar-refractivity contribution in [3.05, 3.63) is 52.6 Å². The molecule has 0 spiro atoms. The van der Waals surface area contributed by atoms with Gasteiger partial charge >= 0.3 is 0 Å². The number of carbonyl (C=O) groups excluding carboxylic acids is 1. The highest BCUT2D eigenvalue weighted by Gasteiger charge is 2.18. The van der Waals surface area contributed by atoms with Gasteiger partial charge in [-0.2, -0.15) is 0 Å². The van der Waals surface area contributed by atoms with Crippen molar-refractivity contribution in [1.82, 2.24) is 20.2 Å². The highest BCUT2D eigenvalue weighted by molar-refractivity contribution is 5.95. The van der Waals surface area contributed by atoms with E-state index >= 15 is 0 Å². The molecule has 23 heavy (non-hydrogen) atoms. The number of likely N-dealkylation sites (N-methyl/N-ethyl adjacent to an activating group) is 1. The van der Waals surface area contributed by atoms with E-state index in [2.05, 4.69) is 15.6 Å². The van der Waals surface area contributed by atoms with Crippen LogP contribution in [0.2, 0.25) is 0 Å². The highest BCUT2D eigenvalue weighted by atomic mass is 16.6. The Bertz CT molecular complexity index is 684. The average molecular weight is 317 g/mol. The zero-order chi connectivity index (χ0) is 16.8. The first-order valence-corrected chi connectivity index (χ1v) is 7.31. The van der Waals surface area contributed by atoms with Crippen molar-refractivity contribution in [2.75, 3.05) is 13.1 Å². The number of hydrogen-bond donors (Lipinski definition) is 2. The van der Waals surface area contributed by atoms with Crippen LogP contribution in [-0.2, 0) is 0 Å². The van der Waals surface area contributed by atoms with Gasteiger partial charge in [-0.05, 0) is 25.6 Å². The quantitative estimate of drug-likeness (QED) is 0.595. The third kappa shape index (κ3) is 4.13. The van der Waals surface area contributed by atoms with E-state index in [-0.39, 0.29) is 23.2 Å². The van der Waals surface area contributed by atoms with Gasteiger partial charge in [0.05, 0.1) is 11.3 Å². The summed E-state index contributed by atoms with van der Waals surface area (Å²) >= 11 is 0. The smallest absolute Gasteiger partial charge is 0.294 e. The molecule has 2 N–H and O–H groups in total. The summed E-state index contributed by atoms with van der Waals surface area (Å²) in [5.41, 5.74) is 0.477. The molecule has 8 heteroatoms. The van der Waals surface area contributed by atoms with Gasteiger partial charge < -0.3 is 15.2 Å². The van der Waals surface area contributed by atoms with E-state index in [9.17, 15) is 14.9 Å². The van der Waals surface area contributed by atoms with E-state index in [1.807, 2.05) is 13.8 Å². The summed E-state index contributed by atoms with van der Waals surface area (Å²) in [6, 6.07) is 4.52. The van der Waals surface area contributed by atoms with Crippen molar-refractivity contribution in [2.24, 2.45) is 0 Å². The number of amides is 1. The molecule has 0 aliphatic carbocycles. The van der Waals surface area contributed by atoms with Crippen LogP contribution in [0, 0.1) is 10.1 Å². The minimum atomic E-state index is -0.507. The fraction of sp³-hybridized carbons (Fsp3) is 0.333. The first kappa shape index (κ1) is 16.6. The Morgan fingerprint density at radius 1 is 1.48 bits per heavy atom. The molecule has 0 aliphatic rings. The molecule has 1 aromatic heterocycles. The van der Waals surface area contributed by atoms with Gasteiger partial charge in [-0.1, -0.05) is 6.92 Å². The zero-order valence-corrected chi connectivity index (χ0v) is 13.0. The summed E-state index contributed by atoms with van der Waals surface area (Å²) in [4.78, 5) is 26.8. The van der Waals surface area contributed by atoms with Gasteiger partial charge in [-0.15, -0.1) is 0 Å². The lowest BCUT2D eigenvalue weighted by molar-refractivity contribution is -0.384. The lowest BCUT2D eigenvalue weighted by Crippen LogP contribution is -2.38. The molecule has 0 saturated carbocycles. The third-order valence-electron chi connectivity index (χ3n) is 3.34. The summed E-state index contributed by atoms with van der Waals surface area (Å²) < 4.78 is 1.53. The summed E-state index contributed by atoms with van der Waals surface area (Å²) in [6.07, 6.45) is 4.62. The Morgan fingerprint density at radius 2 is 2.26 bits per heavy atom. The Morgan fingerprint density at radius 3 is 2.87 bits per heavy atom. The molecule has 1 atom stereocenters. The SMILES string of the molecule is CCN[C@H](C)CNC(=O)c1ccc(-n2ccnc2)c([N+](=O)[O-])c1. The van der Waals surface area contributed by atoms with Gasteiger partial charge in [0, 0.05) is 36.6 Å². The van der Waals surface area contributed by atoms with Crippen LogP contribution in [0.5, 0.6) is 0 Å². The maximum atomic E-state index is 12.1. The lowest BCUT2D eigenvalue weighted by Gasteiger charge is -2.13. The van der Waals surface area contributed by atoms with Crippen LogP contribution in [0.4, 0.5) is 5.69 Å². The number of nitrogens with one attached hydrogen (secondary N) is 2. The van der Waals surface area contributed by atoms with E-state index in [0.717, 1.165) is 6.54 Å². The minimum Gasteiger partial charge on any atom is -0.350 e. The molecular formula is C15H19N5O3. The first-order valence-electron chi connectivity index (χ1n) is 7.31. The normalized spacial score (nSPS) is 11.9. The lowest BCUT2D eigenvalue weighted by atomic mass is 10.1. The molecule has 0 fully saturated rings. The van der Waals surface area contributed by atoms with Crippen LogP contribution >= 0.6 is 0 Å². The number of hydrogen-bond acceptors (Lipinski definition) is 5. The number of nitrogens with zero attached hydrogens (tertiary/aromatic N) is 3. The second-order valence-corrected chi connectivity index (χ2v) is 5.10. The predicted octanol–water partition coefficient (Wildman–Crippen LogP) is 1.51. The topological polar surface area (TPSA) is 102 Å². The van der Waals surface area contributed by atoms with Gasteiger partial charge in [0.15, 0.2) is 0 Å². The molecule has 8 nitrogen and oxygen atoms in total. The predicted molar refractivity (Wildman–Crippen MR) is 85.7 cm³/mol. The van der Waals surface area contributed by atoms with E-state index in [1.54, 1.807) is 18.3 Å². The van der Waals surface area contributed by atoms with Gasteiger partial charge in [0.2, 0.25) is 0 Å². The number of imidazole rings is 1. The van der Waals surface area contributed by atoms with Gasteiger partial charge in [-0.25, -0.2) is 4.98 Å². The van der Waals surface area contributed by atoms with E-state index < -0.39 is 4.92 Å². The van der Waals surface area contributed by atoms with Crippen molar-refractivity contribution in [3.8, 4) is 5.69 Å². The van der Waals surface area contributed by atoms with Gasteiger partial charge in [-0.3, -0.25) is 14.9 Å². The maximum absolute atomic E-state index is 12.1. The fourth-order valence-electron chi connectivity index (χ4n) is 2.20. The standard InChI is InChI=1S/C15H19N5O3/c1-3-17-11(2)9-18-15(21)12-4-5-13(14(8-12)20(22)23)19-7-6-16-10-19/h4-8,10-11,17H,3,9H2,1-2H3,(H,18,21)/t11-/m1/s1. The molecule has 122 valence electrons. The highest BCUT2D eigenvalue weighted by Crippen LogP contribution is 2.24. The summed E-state index contributed by atoms with van der Waals surface area (Å²) in [5.74, 6) is -0.338. The molecule has 0 unspecified atom stereocenters. The van der Waals surface area contributed by atoms with Crippen LogP contribution in [-0.4, -0.2) is 39.5 Å². The fourth-order valence-corrected chi connectivity index (χ4v) is 2.20. The van der Waals surface area contributed by atoms with Gasteiger partial charge in [0.1, 0.15) is 5.69 Å². The van der Waals surface area contributed by atoms with E-state index in [4.69, 9.17) is 0 Å². The molecule has 0 saturated heterocycles. The molecule has 1 heterocycles. The molecule has 0 aliphatic heterocycles. The summed E-state index contributed by atoms with van der Waals surface area (Å²) in [7, 11) is 0. The van der Waals surface area contributed by atoms with E-state index in [0.29, 0.717) is 12.2 Å². The Hall–Kier alpha value is -2.74.